The van der Waals surface area contributed by atoms with Crippen LogP contribution in [-0.2, 0) is 0 Å². The summed E-state index contributed by atoms with van der Waals surface area (Å²) in [6.07, 6.45) is 0. The van der Waals surface area contributed by atoms with Crippen molar-refractivity contribution in [2.45, 2.75) is 0 Å². The van der Waals surface area contributed by atoms with Crippen LogP contribution in [0.3, 0.4) is 0 Å². The van der Waals surface area contributed by atoms with E-state index in [-0.39, 0.29) is 0 Å². The Balaban J connectivity index is 1.07. The minimum absolute atomic E-state index is 1.08. The smallest absolute Gasteiger partial charge is 0.0547 e. The van der Waals surface area contributed by atoms with Crippen LogP contribution in [0.2, 0.25) is 0 Å². The first kappa shape index (κ1) is 36.8. The van der Waals surface area contributed by atoms with Crippen molar-refractivity contribution in [1.29, 1.82) is 0 Å². The molecule has 0 fully saturated rings. The number of anilines is 3. The molecule has 11 aromatic rings. The van der Waals surface area contributed by atoms with Crippen LogP contribution in [0.15, 0.2) is 255 Å². The molecule has 10 aromatic carbocycles. The van der Waals surface area contributed by atoms with Crippen LogP contribution in [0, 0.1) is 0 Å². The van der Waals surface area contributed by atoms with Gasteiger partial charge in [-0.05, 0) is 111 Å². The Morgan fingerprint density at radius 1 is 0.274 bits per heavy atom. The molecule has 0 atom stereocenters. The summed E-state index contributed by atoms with van der Waals surface area (Å²) >= 11 is 0. The van der Waals surface area contributed by atoms with Crippen molar-refractivity contribution in [1.82, 2.24) is 4.57 Å². The monoisotopic (exact) mass is 790 g/mol. The van der Waals surface area contributed by atoms with Crippen LogP contribution in [0.4, 0.5) is 17.1 Å². The van der Waals surface area contributed by atoms with Crippen molar-refractivity contribution < 1.29 is 0 Å². The van der Waals surface area contributed by atoms with Gasteiger partial charge in [0, 0.05) is 33.4 Å². The molecule has 0 N–H and O–H groups in total. The molecule has 0 aliphatic rings. The van der Waals surface area contributed by atoms with E-state index in [1.54, 1.807) is 0 Å². The maximum atomic E-state index is 2.41. The second kappa shape index (κ2) is 16.1. The average Bonchev–Trinajstić information content (AvgIpc) is 3.70. The van der Waals surface area contributed by atoms with Crippen molar-refractivity contribution in [3.8, 4) is 61.3 Å². The lowest BCUT2D eigenvalue weighted by atomic mass is 9.96. The van der Waals surface area contributed by atoms with Gasteiger partial charge in [0.05, 0.1) is 16.7 Å². The molecule has 11 rings (SSSR count). The number of rotatable bonds is 9. The van der Waals surface area contributed by atoms with Crippen LogP contribution < -0.4 is 4.90 Å². The molecule has 2 nitrogen and oxygen atoms in total. The molecule has 0 amide bonds. The average molecular weight is 791 g/mol. The number of hydrogen-bond acceptors (Lipinski definition) is 1. The molecule has 0 saturated carbocycles. The van der Waals surface area contributed by atoms with Crippen molar-refractivity contribution in [2.75, 3.05) is 4.90 Å². The van der Waals surface area contributed by atoms with Gasteiger partial charge in [0.2, 0.25) is 0 Å². The van der Waals surface area contributed by atoms with E-state index in [0.29, 0.717) is 0 Å². The fourth-order valence-electron chi connectivity index (χ4n) is 9.04. The Hall–Kier alpha value is -8.20. The van der Waals surface area contributed by atoms with Gasteiger partial charge >= 0.3 is 0 Å². The molecule has 62 heavy (non-hydrogen) atoms. The van der Waals surface area contributed by atoms with Crippen LogP contribution >= 0.6 is 0 Å². The van der Waals surface area contributed by atoms with Gasteiger partial charge in [0.1, 0.15) is 0 Å². The molecule has 1 aromatic heterocycles. The maximum absolute atomic E-state index is 2.41. The zero-order chi connectivity index (χ0) is 41.2. The van der Waals surface area contributed by atoms with Gasteiger partial charge in [-0.1, -0.05) is 194 Å². The Morgan fingerprint density at radius 2 is 0.758 bits per heavy atom. The van der Waals surface area contributed by atoms with Gasteiger partial charge in [-0.2, -0.15) is 0 Å². The third kappa shape index (κ3) is 6.84. The summed E-state index contributed by atoms with van der Waals surface area (Å²) in [6, 6.07) is 92.0. The van der Waals surface area contributed by atoms with E-state index < -0.39 is 0 Å². The number of fused-ring (bicyclic) bond motifs is 3. The van der Waals surface area contributed by atoms with E-state index in [2.05, 4.69) is 264 Å². The third-order valence-electron chi connectivity index (χ3n) is 12.0. The molecule has 0 unspecified atom stereocenters. The normalized spacial score (nSPS) is 11.2. The van der Waals surface area contributed by atoms with Crippen molar-refractivity contribution in [3.63, 3.8) is 0 Å². The number of hydrogen-bond donors (Lipinski definition) is 0. The molecule has 0 spiro atoms. The van der Waals surface area contributed by atoms with Gasteiger partial charge in [0.15, 0.2) is 0 Å². The SMILES string of the molecule is c1ccc(-c2ccc(-c3ccc(N(c4cccc(-c5cccc6c5c5cc(-c7ccccc7)ccc5n6-c5ccccc5)c4)c4ccccc4-c4ccccc4)cc3)cc2)cc1. The van der Waals surface area contributed by atoms with Crippen molar-refractivity contribution in [2.24, 2.45) is 0 Å². The highest BCUT2D eigenvalue weighted by Gasteiger charge is 2.21. The van der Waals surface area contributed by atoms with Crippen LogP contribution in [0.1, 0.15) is 0 Å². The lowest BCUT2D eigenvalue weighted by molar-refractivity contribution is 1.18. The number of para-hydroxylation sites is 2. The minimum atomic E-state index is 1.08. The predicted octanol–water partition coefficient (Wildman–Crippen LogP) is 16.6. The van der Waals surface area contributed by atoms with E-state index in [1.165, 1.54) is 71.9 Å². The number of nitrogens with zero attached hydrogens (tertiary/aromatic N) is 2. The molecular weight excluding hydrogens is 749 g/mol. The fourth-order valence-corrected chi connectivity index (χ4v) is 9.04. The van der Waals surface area contributed by atoms with E-state index in [0.717, 1.165) is 28.3 Å². The summed E-state index contributed by atoms with van der Waals surface area (Å²) in [5, 5.41) is 2.46. The highest BCUT2D eigenvalue weighted by molar-refractivity contribution is 6.16. The highest BCUT2D eigenvalue weighted by Crippen LogP contribution is 2.45. The Kier molecular flexibility index (Phi) is 9.57. The molecule has 2 heteroatoms. The summed E-state index contributed by atoms with van der Waals surface area (Å²) in [7, 11) is 0. The summed E-state index contributed by atoms with van der Waals surface area (Å²) in [4.78, 5) is 2.41. The molecule has 0 radical (unpaired) electrons. The van der Waals surface area contributed by atoms with Crippen LogP contribution in [0.5, 0.6) is 0 Å². The fraction of sp³-hybridized carbons (Fsp3) is 0. The molecule has 292 valence electrons. The second-order valence-corrected chi connectivity index (χ2v) is 15.7. The minimum Gasteiger partial charge on any atom is -0.310 e. The van der Waals surface area contributed by atoms with Crippen molar-refractivity contribution in [3.05, 3.63) is 255 Å². The lowest BCUT2D eigenvalue weighted by Crippen LogP contribution is -2.11. The maximum Gasteiger partial charge on any atom is 0.0547 e. The van der Waals surface area contributed by atoms with Gasteiger partial charge in [-0.25, -0.2) is 0 Å². The van der Waals surface area contributed by atoms with E-state index in [4.69, 9.17) is 0 Å². The first-order chi connectivity index (χ1) is 30.8. The standard InChI is InChI=1S/C60H42N2/c1-5-17-43(18-6-1)45-31-33-46(34-32-45)47-35-38-52(39-36-47)61(57-29-14-13-27-54(57)48-21-9-3-10-22-48)53-26-15-23-50(41-53)55-28-16-30-59-60(55)56-42-49(44-19-7-2-8-20-44)37-40-58(56)62(59)51-24-11-4-12-25-51/h1-42H. The van der Waals surface area contributed by atoms with Gasteiger partial charge in [-0.3, -0.25) is 0 Å². The van der Waals surface area contributed by atoms with E-state index in [1.807, 2.05) is 0 Å². The van der Waals surface area contributed by atoms with Gasteiger partial charge in [0.25, 0.3) is 0 Å². The summed E-state index contributed by atoms with van der Waals surface area (Å²) in [5.41, 5.74) is 18.7. The highest BCUT2D eigenvalue weighted by atomic mass is 15.1. The lowest BCUT2D eigenvalue weighted by Gasteiger charge is -2.28. The molecule has 0 saturated heterocycles. The first-order valence-corrected chi connectivity index (χ1v) is 21.3. The molecule has 0 aliphatic heterocycles. The zero-order valence-electron chi connectivity index (χ0n) is 34.1. The van der Waals surface area contributed by atoms with Crippen molar-refractivity contribution >= 4 is 38.9 Å². The summed E-state index contributed by atoms with van der Waals surface area (Å²) in [6.45, 7) is 0. The van der Waals surface area contributed by atoms with Crippen LogP contribution in [0.25, 0.3) is 83.1 Å². The molecule has 1 heterocycles. The van der Waals surface area contributed by atoms with Gasteiger partial charge < -0.3 is 9.47 Å². The predicted molar refractivity (Wildman–Crippen MR) is 263 cm³/mol. The summed E-state index contributed by atoms with van der Waals surface area (Å²) < 4.78 is 2.41. The third-order valence-corrected chi connectivity index (χ3v) is 12.0. The Morgan fingerprint density at radius 3 is 1.42 bits per heavy atom. The molecule has 0 aliphatic carbocycles. The largest absolute Gasteiger partial charge is 0.310 e. The van der Waals surface area contributed by atoms with E-state index in [9.17, 15) is 0 Å². The van der Waals surface area contributed by atoms with Crippen LogP contribution in [-0.4, -0.2) is 4.57 Å². The molecule has 0 bridgehead atoms. The number of aromatic nitrogens is 1. The topological polar surface area (TPSA) is 8.17 Å². The molecular formula is C60H42N2. The number of benzene rings is 10. The van der Waals surface area contributed by atoms with E-state index >= 15 is 0 Å². The first-order valence-electron chi connectivity index (χ1n) is 21.3. The summed E-state index contributed by atoms with van der Waals surface area (Å²) in [5.74, 6) is 0. The Bertz CT molecular complexity index is 3300. The Labute approximate surface area is 362 Å². The zero-order valence-corrected chi connectivity index (χ0v) is 34.1. The van der Waals surface area contributed by atoms with Gasteiger partial charge in [-0.15, -0.1) is 0 Å². The quantitative estimate of drug-likeness (QED) is 0.141. The second-order valence-electron chi connectivity index (χ2n) is 15.7.